The standard InChI is InChI=1S/C17H15F2NO4/c18-12-2-3-13(15(19)10-12)11-1-4-16(21)14(9-11)17(22)24-20-5-7-23-8-6-20/h1-4,9-10,21H,5-8H2. The molecule has 0 aromatic heterocycles. The molecule has 1 fully saturated rings. The Balaban J connectivity index is 1.86. The summed E-state index contributed by atoms with van der Waals surface area (Å²) in [6.45, 7) is 1.75. The average molecular weight is 335 g/mol. The van der Waals surface area contributed by atoms with Crippen molar-refractivity contribution in [1.29, 1.82) is 0 Å². The van der Waals surface area contributed by atoms with Crippen molar-refractivity contribution in [3.05, 3.63) is 53.6 Å². The molecular weight excluding hydrogens is 320 g/mol. The Morgan fingerprint density at radius 2 is 1.88 bits per heavy atom. The fourth-order valence-corrected chi connectivity index (χ4v) is 2.39. The number of carbonyl (C=O) groups is 1. The van der Waals surface area contributed by atoms with E-state index in [1.807, 2.05) is 0 Å². The Hall–Kier alpha value is -2.51. The number of hydroxylamine groups is 2. The van der Waals surface area contributed by atoms with Gasteiger partial charge in [-0.3, -0.25) is 0 Å². The number of carbonyl (C=O) groups excluding carboxylic acids is 1. The number of hydrogen-bond acceptors (Lipinski definition) is 5. The SMILES string of the molecule is O=C(ON1CCOCC1)c1cc(-c2ccc(F)cc2F)ccc1O. The van der Waals surface area contributed by atoms with Crippen molar-refractivity contribution in [2.75, 3.05) is 26.3 Å². The molecule has 0 spiro atoms. The molecule has 1 heterocycles. The number of halogens is 2. The molecule has 24 heavy (non-hydrogen) atoms. The molecule has 1 saturated heterocycles. The summed E-state index contributed by atoms with van der Waals surface area (Å²) in [4.78, 5) is 17.4. The molecule has 5 nitrogen and oxygen atoms in total. The molecule has 2 aromatic rings. The van der Waals surface area contributed by atoms with Crippen LogP contribution in [0, 0.1) is 11.6 Å². The van der Waals surface area contributed by atoms with Gasteiger partial charge in [-0.15, -0.1) is 5.06 Å². The van der Waals surface area contributed by atoms with Crippen LogP contribution in [-0.4, -0.2) is 42.4 Å². The summed E-state index contributed by atoms with van der Waals surface area (Å²) in [5, 5.41) is 11.3. The Bertz CT molecular complexity index is 760. The van der Waals surface area contributed by atoms with Crippen LogP contribution in [0.3, 0.4) is 0 Å². The number of benzene rings is 2. The Labute approximate surface area is 137 Å². The van der Waals surface area contributed by atoms with Crippen LogP contribution in [-0.2, 0) is 9.57 Å². The number of nitrogens with zero attached hydrogens (tertiary/aromatic N) is 1. The molecular formula is C17H15F2NO4. The van der Waals surface area contributed by atoms with Gasteiger partial charge in [-0.1, -0.05) is 6.07 Å². The van der Waals surface area contributed by atoms with E-state index in [0.717, 1.165) is 12.1 Å². The van der Waals surface area contributed by atoms with Crippen LogP contribution in [0.4, 0.5) is 8.78 Å². The van der Waals surface area contributed by atoms with Crippen molar-refractivity contribution < 1.29 is 28.3 Å². The zero-order valence-electron chi connectivity index (χ0n) is 12.7. The molecule has 0 unspecified atom stereocenters. The maximum absolute atomic E-state index is 13.9. The van der Waals surface area contributed by atoms with Gasteiger partial charge in [0.1, 0.15) is 22.9 Å². The van der Waals surface area contributed by atoms with E-state index in [4.69, 9.17) is 9.57 Å². The number of aromatic hydroxyl groups is 1. The first kappa shape index (κ1) is 16.4. The van der Waals surface area contributed by atoms with E-state index in [2.05, 4.69) is 0 Å². The van der Waals surface area contributed by atoms with E-state index in [1.54, 1.807) is 0 Å². The molecule has 1 N–H and O–H groups in total. The first-order valence-corrected chi connectivity index (χ1v) is 7.38. The van der Waals surface area contributed by atoms with Gasteiger partial charge in [0, 0.05) is 11.6 Å². The molecule has 0 saturated carbocycles. The quantitative estimate of drug-likeness (QED) is 0.935. The van der Waals surface area contributed by atoms with Crippen LogP contribution in [0.25, 0.3) is 11.1 Å². The summed E-state index contributed by atoms with van der Waals surface area (Å²) in [6, 6.07) is 7.18. The van der Waals surface area contributed by atoms with Gasteiger partial charge in [0.15, 0.2) is 0 Å². The lowest BCUT2D eigenvalue weighted by atomic mass is 10.0. The highest BCUT2D eigenvalue weighted by atomic mass is 19.1. The third-order valence-electron chi connectivity index (χ3n) is 3.64. The van der Waals surface area contributed by atoms with Crippen molar-refractivity contribution in [2.45, 2.75) is 0 Å². The Morgan fingerprint density at radius 1 is 1.12 bits per heavy atom. The zero-order chi connectivity index (χ0) is 17.1. The summed E-state index contributed by atoms with van der Waals surface area (Å²) < 4.78 is 32.1. The van der Waals surface area contributed by atoms with Gasteiger partial charge < -0.3 is 14.7 Å². The minimum atomic E-state index is -0.756. The van der Waals surface area contributed by atoms with Crippen molar-refractivity contribution in [3.63, 3.8) is 0 Å². The molecule has 2 aromatic carbocycles. The number of ether oxygens (including phenoxy) is 1. The molecule has 0 atom stereocenters. The first-order valence-electron chi connectivity index (χ1n) is 7.38. The molecule has 126 valence electrons. The van der Waals surface area contributed by atoms with Crippen LogP contribution in [0.2, 0.25) is 0 Å². The summed E-state index contributed by atoms with van der Waals surface area (Å²) in [5.41, 5.74) is 0.360. The van der Waals surface area contributed by atoms with Crippen molar-refractivity contribution >= 4 is 5.97 Å². The second-order valence-electron chi connectivity index (χ2n) is 5.28. The molecule has 1 aliphatic heterocycles. The minimum Gasteiger partial charge on any atom is -0.507 e. The molecule has 3 rings (SSSR count). The lowest BCUT2D eigenvalue weighted by Gasteiger charge is -2.25. The summed E-state index contributed by atoms with van der Waals surface area (Å²) in [6.07, 6.45) is 0. The largest absolute Gasteiger partial charge is 0.507 e. The predicted molar refractivity (Wildman–Crippen MR) is 81.3 cm³/mol. The van der Waals surface area contributed by atoms with E-state index in [1.165, 1.54) is 29.3 Å². The van der Waals surface area contributed by atoms with Gasteiger partial charge in [0.2, 0.25) is 0 Å². The van der Waals surface area contributed by atoms with E-state index < -0.39 is 17.6 Å². The highest BCUT2D eigenvalue weighted by Crippen LogP contribution is 2.29. The van der Waals surface area contributed by atoms with Gasteiger partial charge in [-0.05, 0) is 29.8 Å². The normalized spacial score (nSPS) is 15.2. The third kappa shape index (κ3) is 3.52. The number of phenolic OH excluding ortho intramolecular Hbond substituents is 1. The average Bonchev–Trinajstić information content (AvgIpc) is 2.56. The number of morpholine rings is 1. The van der Waals surface area contributed by atoms with Crippen molar-refractivity contribution in [1.82, 2.24) is 5.06 Å². The van der Waals surface area contributed by atoms with Crippen LogP contribution >= 0.6 is 0 Å². The monoisotopic (exact) mass is 335 g/mol. The van der Waals surface area contributed by atoms with E-state index in [9.17, 15) is 18.7 Å². The number of rotatable bonds is 3. The smallest absolute Gasteiger partial charge is 0.360 e. The van der Waals surface area contributed by atoms with Gasteiger partial charge in [0.25, 0.3) is 0 Å². The molecule has 1 aliphatic rings. The summed E-state index contributed by atoms with van der Waals surface area (Å²) in [7, 11) is 0. The zero-order valence-corrected chi connectivity index (χ0v) is 12.7. The van der Waals surface area contributed by atoms with Crippen LogP contribution in [0.15, 0.2) is 36.4 Å². The summed E-state index contributed by atoms with van der Waals surface area (Å²) in [5.74, 6) is -2.48. The second-order valence-corrected chi connectivity index (χ2v) is 5.28. The molecule has 0 aliphatic carbocycles. The number of hydrogen-bond donors (Lipinski definition) is 1. The number of phenols is 1. The molecule has 7 heteroatoms. The van der Waals surface area contributed by atoms with E-state index in [0.29, 0.717) is 31.9 Å². The van der Waals surface area contributed by atoms with E-state index in [-0.39, 0.29) is 16.9 Å². The Morgan fingerprint density at radius 3 is 2.58 bits per heavy atom. The second kappa shape index (κ2) is 6.94. The maximum Gasteiger partial charge on any atom is 0.360 e. The van der Waals surface area contributed by atoms with E-state index >= 15 is 0 Å². The van der Waals surface area contributed by atoms with Crippen LogP contribution < -0.4 is 0 Å². The highest BCUT2D eigenvalue weighted by molar-refractivity contribution is 5.94. The first-order chi connectivity index (χ1) is 11.5. The summed E-state index contributed by atoms with van der Waals surface area (Å²) >= 11 is 0. The topological polar surface area (TPSA) is 59.0 Å². The van der Waals surface area contributed by atoms with Crippen LogP contribution in [0.1, 0.15) is 10.4 Å². The lowest BCUT2D eigenvalue weighted by Crippen LogP contribution is -2.37. The maximum atomic E-state index is 13.9. The molecule has 0 bridgehead atoms. The van der Waals surface area contributed by atoms with Gasteiger partial charge in [-0.2, -0.15) is 0 Å². The van der Waals surface area contributed by atoms with Gasteiger partial charge in [0.05, 0.1) is 26.3 Å². The van der Waals surface area contributed by atoms with Gasteiger partial charge >= 0.3 is 5.97 Å². The highest BCUT2D eigenvalue weighted by Gasteiger charge is 2.20. The van der Waals surface area contributed by atoms with Crippen molar-refractivity contribution in [2.24, 2.45) is 0 Å². The fraction of sp³-hybridized carbons (Fsp3) is 0.235. The minimum absolute atomic E-state index is 0.0947. The molecule has 0 radical (unpaired) electrons. The molecule has 0 amide bonds. The lowest BCUT2D eigenvalue weighted by molar-refractivity contribution is -0.150. The van der Waals surface area contributed by atoms with Crippen molar-refractivity contribution in [3.8, 4) is 16.9 Å². The fourth-order valence-electron chi connectivity index (χ4n) is 2.39. The third-order valence-corrected chi connectivity index (χ3v) is 3.64. The van der Waals surface area contributed by atoms with Gasteiger partial charge in [-0.25, -0.2) is 13.6 Å². The van der Waals surface area contributed by atoms with Crippen LogP contribution in [0.5, 0.6) is 5.75 Å². The predicted octanol–water partition coefficient (Wildman–Crippen LogP) is 2.74. The Kier molecular flexibility index (Phi) is 4.73.